The molecule has 7 nitrogen and oxygen atoms in total. The first-order chi connectivity index (χ1) is 11.5. The lowest BCUT2D eigenvalue weighted by molar-refractivity contribution is 0.0838. The molecule has 0 fully saturated rings. The zero-order chi connectivity index (χ0) is 18.6. The summed E-state index contributed by atoms with van der Waals surface area (Å²) in [4.78, 5) is 12.9. The van der Waals surface area contributed by atoms with Crippen LogP contribution in [0.4, 0.5) is 0 Å². The third kappa shape index (κ3) is 2.91. The van der Waals surface area contributed by atoms with Gasteiger partial charge in [0.2, 0.25) is 0 Å². The summed E-state index contributed by atoms with van der Waals surface area (Å²) in [5.74, 6) is -0.441. The molecule has 3 rings (SSSR count). The van der Waals surface area contributed by atoms with E-state index >= 15 is 0 Å². The zero-order valence-corrected chi connectivity index (χ0v) is 16.8. The smallest absolute Gasteiger partial charge is 0.268 e. The highest BCUT2D eigenvalue weighted by molar-refractivity contribution is 7.90. The number of amides is 1. The molecule has 0 unspecified atom stereocenters. The van der Waals surface area contributed by atoms with Crippen LogP contribution in [-0.2, 0) is 16.7 Å². The molecule has 0 atom stereocenters. The molecule has 0 saturated carbocycles. The molecule has 25 heavy (non-hydrogen) atoms. The van der Waals surface area contributed by atoms with E-state index in [2.05, 4.69) is 30.0 Å². The van der Waals surface area contributed by atoms with Crippen LogP contribution in [0.25, 0.3) is 0 Å². The average Bonchev–Trinajstić information content (AvgIpc) is 3.05. The number of carbonyl (C=O) groups excluding carboxylic acids is 1. The first-order valence-electron chi connectivity index (χ1n) is 8.14. The van der Waals surface area contributed by atoms with Crippen molar-refractivity contribution >= 4 is 29.3 Å². The van der Waals surface area contributed by atoms with Crippen LogP contribution < -0.4 is 5.32 Å². The molecule has 1 aromatic heterocycles. The number of fused-ring (bicyclic) bond motifs is 1. The fourth-order valence-corrected chi connectivity index (χ4v) is 5.22. The van der Waals surface area contributed by atoms with E-state index in [0.717, 1.165) is 15.2 Å². The Morgan fingerprint density at radius 1 is 1.20 bits per heavy atom. The molecule has 1 amide bonds. The Kier molecular flexibility index (Phi) is 4.11. The van der Waals surface area contributed by atoms with Crippen molar-refractivity contribution in [2.24, 2.45) is 0 Å². The van der Waals surface area contributed by atoms with Crippen molar-refractivity contribution in [1.82, 2.24) is 19.3 Å². The van der Waals surface area contributed by atoms with Crippen molar-refractivity contribution in [1.29, 1.82) is 0 Å². The van der Waals surface area contributed by atoms with Gasteiger partial charge in [-0.3, -0.25) is 4.79 Å². The second-order valence-corrected chi connectivity index (χ2v) is 14.4. The van der Waals surface area contributed by atoms with Crippen molar-refractivity contribution in [3.63, 3.8) is 0 Å². The molecule has 0 radical (unpaired) electrons. The number of aromatic nitrogens is 3. The lowest BCUT2D eigenvalue weighted by Gasteiger charge is -2.15. The van der Waals surface area contributed by atoms with Crippen LogP contribution in [0.5, 0.6) is 0 Å². The molecule has 2 heterocycles. The van der Waals surface area contributed by atoms with Crippen LogP contribution in [-0.4, -0.2) is 41.7 Å². The van der Waals surface area contributed by atoms with Crippen LogP contribution in [0.1, 0.15) is 35.7 Å². The van der Waals surface area contributed by atoms with Crippen LogP contribution in [0.15, 0.2) is 29.3 Å². The van der Waals surface area contributed by atoms with E-state index in [1.165, 1.54) is 10.7 Å². The molecule has 0 spiro atoms. The number of hydrogen-bond donors (Lipinski definition) is 0. The Morgan fingerprint density at radius 2 is 1.88 bits per heavy atom. The fraction of sp³-hybridized carbons (Fsp3) is 0.438. The Hall–Kier alpha value is -2.00. The Bertz CT molecular complexity index is 945. The van der Waals surface area contributed by atoms with Gasteiger partial charge < -0.3 is 0 Å². The van der Waals surface area contributed by atoms with Crippen molar-refractivity contribution in [2.45, 2.75) is 51.0 Å². The van der Waals surface area contributed by atoms with Gasteiger partial charge in [-0.2, -0.15) is 0 Å². The van der Waals surface area contributed by atoms with Gasteiger partial charge in [-0.1, -0.05) is 50.8 Å². The lowest BCUT2D eigenvalue weighted by atomic mass is 9.97. The molecule has 1 aliphatic rings. The molecular formula is C16H22N4O3SSi. The van der Waals surface area contributed by atoms with Gasteiger partial charge in [-0.25, -0.2) is 17.4 Å². The van der Waals surface area contributed by atoms with Gasteiger partial charge in [0.15, 0.2) is 0 Å². The standard InChI is InChI=1S/C16H22N4O3SSi/c1-11(2)12-7-6-8-13-15(12)16(21)20(24(13,22)23)10-19-9-14(17-18-19)25(3,4)5/h6-9,11H,10H2,1-5H3. The zero-order valence-electron chi connectivity index (χ0n) is 15.0. The van der Waals surface area contributed by atoms with Crippen LogP contribution >= 0.6 is 0 Å². The lowest BCUT2D eigenvalue weighted by Crippen LogP contribution is -2.39. The molecule has 9 heteroatoms. The van der Waals surface area contributed by atoms with E-state index in [4.69, 9.17) is 0 Å². The number of rotatable bonds is 4. The molecule has 134 valence electrons. The van der Waals surface area contributed by atoms with E-state index in [9.17, 15) is 13.2 Å². The molecule has 0 bridgehead atoms. The quantitative estimate of drug-likeness (QED) is 0.757. The van der Waals surface area contributed by atoms with Crippen molar-refractivity contribution in [2.75, 3.05) is 0 Å². The maximum absolute atomic E-state index is 12.8. The SMILES string of the molecule is CC(C)c1cccc2c1C(=O)N(Cn1cc([Si](C)(C)C)nn1)S2(=O)=O. The van der Waals surface area contributed by atoms with E-state index in [1.54, 1.807) is 18.3 Å². The second kappa shape index (κ2) is 5.77. The summed E-state index contributed by atoms with van der Waals surface area (Å²) in [6, 6.07) is 4.98. The van der Waals surface area contributed by atoms with Gasteiger partial charge in [-0.15, -0.1) is 5.10 Å². The largest absolute Gasteiger partial charge is 0.270 e. The normalized spacial score (nSPS) is 16.6. The van der Waals surface area contributed by atoms with Gasteiger partial charge in [-0.05, 0) is 17.5 Å². The molecule has 0 aliphatic carbocycles. The Labute approximate surface area is 148 Å². The Balaban J connectivity index is 2.01. The van der Waals surface area contributed by atoms with Gasteiger partial charge in [0.25, 0.3) is 15.9 Å². The highest BCUT2D eigenvalue weighted by Crippen LogP contribution is 2.35. The number of nitrogens with zero attached hydrogens (tertiary/aromatic N) is 4. The third-order valence-corrected chi connectivity index (χ3v) is 7.79. The van der Waals surface area contributed by atoms with Gasteiger partial charge >= 0.3 is 0 Å². The summed E-state index contributed by atoms with van der Waals surface area (Å²) in [7, 11) is -5.53. The number of carbonyl (C=O) groups is 1. The summed E-state index contributed by atoms with van der Waals surface area (Å²) in [5.41, 5.74) is 1.03. The minimum atomic E-state index is -3.87. The molecule has 1 aromatic carbocycles. The number of benzene rings is 1. The van der Waals surface area contributed by atoms with Gasteiger partial charge in [0, 0.05) is 6.20 Å². The topological polar surface area (TPSA) is 85.2 Å². The third-order valence-electron chi connectivity index (χ3n) is 4.27. The molecular weight excluding hydrogens is 356 g/mol. The predicted molar refractivity (Wildman–Crippen MR) is 96.9 cm³/mol. The summed E-state index contributed by atoms with van der Waals surface area (Å²) < 4.78 is 28.0. The number of sulfonamides is 1. The van der Waals surface area contributed by atoms with Crippen LogP contribution in [0, 0.1) is 0 Å². The molecule has 0 N–H and O–H groups in total. The summed E-state index contributed by atoms with van der Waals surface area (Å²) in [5, 5.41) is 9.02. The van der Waals surface area contributed by atoms with E-state index in [1.807, 2.05) is 13.8 Å². The molecule has 2 aromatic rings. The van der Waals surface area contributed by atoms with Crippen molar-refractivity contribution in [3.05, 3.63) is 35.5 Å². The summed E-state index contributed by atoms with van der Waals surface area (Å²) in [6.07, 6.45) is 1.74. The van der Waals surface area contributed by atoms with Crippen LogP contribution in [0.3, 0.4) is 0 Å². The average molecular weight is 379 g/mol. The molecule has 1 aliphatic heterocycles. The predicted octanol–water partition coefficient (Wildman–Crippen LogP) is 1.75. The fourth-order valence-electron chi connectivity index (χ4n) is 2.81. The van der Waals surface area contributed by atoms with Crippen LogP contribution in [0.2, 0.25) is 19.6 Å². The number of hydrogen-bond acceptors (Lipinski definition) is 5. The maximum atomic E-state index is 12.8. The first-order valence-corrected chi connectivity index (χ1v) is 13.1. The second-order valence-electron chi connectivity index (χ2n) is 7.57. The van der Waals surface area contributed by atoms with Gasteiger partial charge in [0.05, 0.1) is 10.9 Å². The van der Waals surface area contributed by atoms with Crippen molar-refractivity contribution < 1.29 is 13.2 Å². The summed E-state index contributed by atoms with van der Waals surface area (Å²) >= 11 is 0. The molecule has 0 saturated heterocycles. The highest BCUT2D eigenvalue weighted by Gasteiger charge is 2.43. The van der Waals surface area contributed by atoms with E-state index in [-0.39, 0.29) is 23.0 Å². The summed E-state index contributed by atoms with van der Waals surface area (Å²) in [6.45, 7) is 10.1. The monoisotopic (exact) mass is 378 g/mol. The maximum Gasteiger partial charge on any atom is 0.270 e. The highest BCUT2D eigenvalue weighted by atomic mass is 32.2. The Morgan fingerprint density at radius 3 is 2.44 bits per heavy atom. The minimum absolute atomic E-state index is 0.0545. The van der Waals surface area contributed by atoms with Crippen molar-refractivity contribution in [3.8, 4) is 0 Å². The van der Waals surface area contributed by atoms with Gasteiger partial charge in [0.1, 0.15) is 19.6 Å². The first kappa shape index (κ1) is 17.8. The minimum Gasteiger partial charge on any atom is -0.268 e. The van der Waals surface area contributed by atoms with E-state index in [0.29, 0.717) is 0 Å². The van der Waals surface area contributed by atoms with E-state index < -0.39 is 24.0 Å².